The fourth-order valence-electron chi connectivity index (χ4n) is 4.15. The maximum atomic E-state index is 12.7. The van der Waals surface area contributed by atoms with Crippen LogP contribution in [0.15, 0.2) is 29.1 Å². The summed E-state index contributed by atoms with van der Waals surface area (Å²) in [6.07, 6.45) is 3.74. The zero-order chi connectivity index (χ0) is 24.4. The average Bonchev–Trinajstić information content (AvgIpc) is 3.15. The largest absolute Gasteiger partial charge is 0.346 e. The first kappa shape index (κ1) is 23.7. The highest BCUT2D eigenvalue weighted by Gasteiger charge is 2.20. The van der Waals surface area contributed by atoms with Gasteiger partial charge in [-0.2, -0.15) is 10.2 Å². The topological polar surface area (TPSA) is 116 Å². The summed E-state index contributed by atoms with van der Waals surface area (Å²) < 4.78 is 4.51. The van der Waals surface area contributed by atoms with Crippen molar-refractivity contribution in [1.29, 1.82) is 0 Å². The van der Waals surface area contributed by atoms with Crippen molar-refractivity contribution in [3.8, 4) is 0 Å². The van der Waals surface area contributed by atoms with Crippen molar-refractivity contribution in [2.24, 2.45) is 0 Å². The number of nitrogens with one attached hydrogen (secondary N) is 2. The summed E-state index contributed by atoms with van der Waals surface area (Å²) in [6, 6.07) is 6.19. The number of nitrogens with zero attached hydrogens (tertiary/aromatic N) is 5. The van der Waals surface area contributed by atoms with Crippen molar-refractivity contribution in [2.45, 2.75) is 65.6 Å². The number of anilines is 2. The van der Waals surface area contributed by atoms with Crippen LogP contribution in [0.5, 0.6) is 0 Å². The van der Waals surface area contributed by atoms with Crippen molar-refractivity contribution in [3.63, 3.8) is 0 Å². The van der Waals surface area contributed by atoms with Crippen molar-refractivity contribution in [2.75, 3.05) is 10.6 Å². The lowest BCUT2D eigenvalue weighted by Crippen LogP contribution is -2.30. The fourth-order valence-corrected chi connectivity index (χ4v) is 4.37. The number of rotatable bonds is 6. The van der Waals surface area contributed by atoms with Gasteiger partial charge in [0.05, 0.1) is 16.4 Å². The zero-order valence-electron chi connectivity index (χ0n) is 19.5. The minimum Gasteiger partial charge on any atom is -0.324 e. The normalized spacial score (nSPS) is 14.2. The summed E-state index contributed by atoms with van der Waals surface area (Å²) in [4.78, 5) is 37.8. The van der Waals surface area contributed by atoms with Crippen molar-refractivity contribution >= 4 is 34.8 Å². The van der Waals surface area contributed by atoms with E-state index in [1.807, 2.05) is 19.9 Å². The number of benzene rings is 1. The minimum atomic E-state index is -0.521. The number of aryl methyl sites for hydroxylation is 3. The summed E-state index contributed by atoms with van der Waals surface area (Å²) in [5.41, 5.74) is 2.33. The summed E-state index contributed by atoms with van der Waals surface area (Å²) in [5, 5.41) is 14.5. The van der Waals surface area contributed by atoms with Gasteiger partial charge in [0.15, 0.2) is 0 Å². The monoisotopic (exact) mass is 485 g/mol. The number of amides is 2. The number of halogens is 1. The van der Waals surface area contributed by atoms with Crippen LogP contribution in [0.25, 0.3) is 0 Å². The highest BCUT2D eigenvalue weighted by atomic mass is 35.5. The van der Waals surface area contributed by atoms with Crippen LogP contribution >= 0.6 is 11.6 Å². The molecule has 1 atom stereocenters. The Hall–Kier alpha value is -3.40. The molecule has 0 spiro atoms. The Kier molecular flexibility index (Phi) is 6.87. The Morgan fingerprint density at radius 2 is 1.91 bits per heavy atom. The molecule has 1 aliphatic rings. The first-order chi connectivity index (χ1) is 16.2. The molecule has 2 aromatic heterocycles. The molecule has 0 fully saturated rings. The van der Waals surface area contributed by atoms with Crippen molar-refractivity contribution in [3.05, 3.63) is 57.0 Å². The van der Waals surface area contributed by atoms with Gasteiger partial charge in [0.2, 0.25) is 11.8 Å². The lowest BCUT2D eigenvalue weighted by atomic mass is 10.2. The van der Waals surface area contributed by atoms with Crippen molar-refractivity contribution < 1.29 is 9.59 Å². The first-order valence-electron chi connectivity index (χ1n) is 11.3. The standard InChI is InChI=1S/C23H28ClN7O3/c1-14-11-15(2)31(27-14)16(3)22(33)26-19-9-8-17(12-18(19)24)25-21(32)13-30-23(34)29-10-6-4-5-7-20(29)28-30/h8-9,11-12,16H,4-7,10,13H2,1-3H3,(H,25,32)(H,26,33). The Morgan fingerprint density at radius 3 is 2.62 bits per heavy atom. The Morgan fingerprint density at radius 1 is 1.12 bits per heavy atom. The van der Waals surface area contributed by atoms with Gasteiger partial charge in [0, 0.05) is 24.3 Å². The second-order valence-electron chi connectivity index (χ2n) is 8.60. The van der Waals surface area contributed by atoms with Gasteiger partial charge < -0.3 is 10.6 Å². The maximum Gasteiger partial charge on any atom is 0.346 e. The van der Waals surface area contributed by atoms with E-state index in [0.717, 1.165) is 42.9 Å². The lowest BCUT2D eigenvalue weighted by molar-refractivity contribution is -0.119. The molecule has 3 heterocycles. The number of carbonyl (C=O) groups excluding carboxylic acids is 2. The molecule has 180 valence electrons. The number of fused-ring (bicyclic) bond motifs is 1. The second kappa shape index (κ2) is 9.84. The van der Waals surface area contributed by atoms with E-state index in [9.17, 15) is 14.4 Å². The maximum absolute atomic E-state index is 12.7. The predicted molar refractivity (Wildman–Crippen MR) is 129 cm³/mol. The number of aromatic nitrogens is 5. The van der Waals surface area contributed by atoms with Gasteiger partial charge in [0.1, 0.15) is 18.4 Å². The molecule has 0 aliphatic carbocycles. The molecule has 11 heteroatoms. The minimum absolute atomic E-state index is 0.185. The second-order valence-corrected chi connectivity index (χ2v) is 9.01. The highest BCUT2D eigenvalue weighted by Crippen LogP contribution is 2.26. The molecular weight excluding hydrogens is 458 g/mol. The SMILES string of the molecule is Cc1cc(C)n(C(C)C(=O)Nc2ccc(NC(=O)Cn3nc4n(c3=O)CCCCC4)cc2Cl)n1. The highest BCUT2D eigenvalue weighted by molar-refractivity contribution is 6.34. The number of carbonyl (C=O) groups is 2. The predicted octanol–water partition coefficient (Wildman–Crippen LogP) is 3.08. The van der Waals surface area contributed by atoms with E-state index in [2.05, 4.69) is 20.8 Å². The molecule has 10 nitrogen and oxygen atoms in total. The molecule has 3 aromatic rings. The van der Waals surface area contributed by atoms with Crippen LogP contribution in [-0.2, 0) is 29.1 Å². The molecule has 1 aromatic carbocycles. The molecule has 34 heavy (non-hydrogen) atoms. The van der Waals surface area contributed by atoms with E-state index in [4.69, 9.17) is 11.6 Å². The Labute approximate surface area is 201 Å². The van der Waals surface area contributed by atoms with Crippen LogP contribution in [0.1, 0.15) is 49.4 Å². The number of hydrogen-bond donors (Lipinski definition) is 2. The van der Waals surface area contributed by atoms with E-state index in [-0.39, 0.29) is 29.1 Å². The van der Waals surface area contributed by atoms with Crippen LogP contribution in [0.4, 0.5) is 11.4 Å². The van der Waals surface area contributed by atoms with Crippen molar-refractivity contribution in [1.82, 2.24) is 24.1 Å². The van der Waals surface area contributed by atoms with E-state index in [0.29, 0.717) is 17.9 Å². The molecule has 0 bridgehead atoms. The third-order valence-electron chi connectivity index (χ3n) is 5.88. The quantitative estimate of drug-likeness (QED) is 0.556. The molecule has 0 saturated heterocycles. The lowest BCUT2D eigenvalue weighted by Gasteiger charge is -2.16. The summed E-state index contributed by atoms with van der Waals surface area (Å²) in [6.45, 7) is 5.97. The number of hydrogen-bond acceptors (Lipinski definition) is 5. The molecule has 0 saturated carbocycles. The third-order valence-corrected chi connectivity index (χ3v) is 6.19. The molecular formula is C23H28ClN7O3. The molecule has 1 unspecified atom stereocenters. The summed E-state index contributed by atoms with van der Waals surface area (Å²) in [7, 11) is 0. The van der Waals surface area contributed by atoms with E-state index < -0.39 is 6.04 Å². The van der Waals surface area contributed by atoms with Crippen LogP contribution in [0, 0.1) is 13.8 Å². The smallest absolute Gasteiger partial charge is 0.324 e. The molecule has 0 radical (unpaired) electrons. The average molecular weight is 486 g/mol. The van der Waals surface area contributed by atoms with E-state index in [1.165, 1.54) is 4.68 Å². The first-order valence-corrected chi connectivity index (χ1v) is 11.7. The van der Waals surface area contributed by atoms with Gasteiger partial charge in [-0.15, -0.1) is 0 Å². The van der Waals surface area contributed by atoms with E-state index in [1.54, 1.807) is 34.4 Å². The van der Waals surface area contributed by atoms with E-state index >= 15 is 0 Å². The molecule has 2 amide bonds. The Balaban J connectivity index is 1.39. The molecule has 1 aliphatic heterocycles. The molecule has 2 N–H and O–H groups in total. The Bertz CT molecular complexity index is 1290. The van der Waals surface area contributed by atoms with Crippen LogP contribution in [-0.4, -0.2) is 35.9 Å². The van der Waals surface area contributed by atoms with Gasteiger partial charge in [-0.05, 0) is 57.9 Å². The molecule has 4 rings (SSSR count). The van der Waals surface area contributed by atoms with Gasteiger partial charge in [-0.25, -0.2) is 9.48 Å². The summed E-state index contributed by atoms with van der Waals surface area (Å²) in [5.74, 6) is 0.0818. The van der Waals surface area contributed by atoms with Crippen LogP contribution in [0.2, 0.25) is 5.02 Å². The van der Waals surface area contributed by atoms with Gasteiger partial charge in [0.25, 0.3) is 0 Å². The fraction of sp³-hybridized carbons (Fsp3) is 0.435. The van der Waals surface area contributed by atoms with Crippen LogP contribution < -0.4 is 16.3 Å². The van der Waals surface area contributed by atoms with Gasteiger partial charge in [-0.1, -0.05) is 18.0 Å². The summed E-state index contributed by atoms with van der Waals surface area (Å²) >= 11 is 6.35. The van der Waals surface area contributed by atoms with Crippen LogP contribution in [0.3, 0.4) is 0 Å². The van der Waals surface area contributed by atoms with Gasteiger partial charge >= 0.3 is 5.69 Å². The third kappa shape index (κ3) is 5.06. The van der Waals surface area contributed by atoms with Gasteiger partial charge in [-0.3, -0.25) is 18.8 Å². The zero-order valence-corrected chi connectivity index (χ0v) is 20.2.